The van der Waals surface area contributed by atoms with Gasteiger partial charge in [-0.25, -0.2) is 15.0 Å². The lowest BCUT2D eigenvalue weighted by Crippen LogP contribution is -2.33. The summed E-state index contributed by atoms with van der Waals surface area (Å²) in [7, 11) is 1.58. The highest BCUT2D eigenvalue weighted by atomic mass is 32.1. The van der Waals surface area contributed by atoms with Crippen LogP contribution in [0.25, 0.3) is 10.9 Å². The van der Waals surface area contributed by atoms with E-state index >= 15 is 0 Å². The normalized spacial score (nSPS) is 15.0. The van der Waals surface area contributed by atoms with E-state index < -0.39 is 5.91 Å². The Labute approximate surface area is 246 Å². The Balaban J connectivity index is 1.22. The molecule has 42 heavy (non-hydrogen) atoms. The van der Waals surface area contributed by atoms with Crippen LogP contribution in [0, 0.1) is 0 Å². The number of hydrogen-bond donors (Lipinski definition) is 4. The van der Waals surface area contributed by atoms with Crippen LogP contribution in [0.15, 0.2) is 48.9 Å². The minimum atomic E-state index is -0.614. The maximum Gasteiger partial charge on any atom is 0.250 e. The van der Waals surface area contributed by atoms with E-state index in [4.69, 9.17) is 15.2 Å². The number of anilines is 3. The lowest BCUT2D eigenvalue weighted by Gasteiger charge is -2.22. The van der Waals surface area contributed by atoms with Crippen LogP contribution in [-0.2, 0) is 11.2 Å². The summed E-state index contributed by atoms with van der Waals surface area (Å²) >= 11 is 1.31. The number of primary amides is 1. The van der Waals surface area contributed by atoms with E-state index in [1.165, 1.54) is 17.7 Å². The van der Waals surface area contributed by atoms with Gasteiger partial charge in [-0.1, -0.05) is 12.1 Å². The molecular formula is C29H33N7O5S. The Morgan fingerprint density at radius 1 is 1.19 bits per heavy atom. The first-order valence-electron chi connectivity index (χ1n) is 13.7. The minimum Gasteiger partial charge on any atom is -0.493 e. The number of aliphatic hydroxyl groups excluding tert-OH is 1. The second-order valence-corrected chi connectivity index (χ2v) is 11.0. The van der Waals surface area contributed by atoms with Crippen LogP contribution in [0.1, 0.15) is 34.5 Å². The lowest BCUT2D eigenvalue weighted by atomic mass is 10.1. The summed E-state index contributed by atoms with van der Waals surface area (Å²) in [5.74, 6) is 0.779. The van der Waals surface area contributed by atoms with E-state index in [9.17, 15) is 14.7 Å². The number of amides is 2. The Morgan fingerprint density at radius 2 is 2.05 bits per heavy atom. The van der Waals surface area contributed by atoms with Crippen molar-refractivity contribution < 1.29 is 24.2 Å². The van der Waals surface area contributed by atoms with E-state index in [-0.39, 0.29) is 30.5 Å². The van der Waals surface area contributed by atoms with Crippen LogP contribution in [-0.4, -0.2) is 76.2 Å². The molecule has 4 aromatic rings. The zero-order valence-electron chi connectivity index (χ0n) is 23.2. The van der Waals surface area contributed by atoms with Gasteiger partial charge in [-0.05, 0) is 44.0 Å². The number of para-hydroxylation sites is 1. The third-order valence-electron chi connectivity index (χ3n) is 7.06. The van der Waals surface area contributed by atoms with Crippen LogP contribution >= 0.6 is 11.3 Å². The monoisotopic (exact) mass is 591 g/mol. The highest BCUT2D eigenvalue weighted by Gasteiger charge is 2.23. The van der Waals surface area contributed by atoms with Gasteiger partial charge in [-0.3, -0.25) is 14.5 Å². The number of nitrogens with one attached hydrogen (secondary N) is 2. The number of fused-ring (bicyclic) bond motifs is 1. The van der Waals surface area contributed by atoms with Crippen LogP contribution in [0.5, 0.6) is 11.5 Å². The molecule has 220 valence electrons. The Morgan fingerprint density at radius 3 is 2.86 bits per heavy atom. The molecule has 12 nitrogen and oxygen atoms in total. The van der Waals surface area contributed by atoms with Crippen LogP contribution < -0.4 is 25.8 Å². The van der Waals surface area contributed by atoms with Gasteiger partial charge in [-0.15, -0.1) is 11.3 Å². The number of thiazole rings is 1. The maximum absolute atomic E-state index is 12.6. The van der Waals surface area contributed by atoms with E-state index in [0.29, 0.717) is 40.3 Å². The second kappa shape index (κ2) is 13.6. The Kier molecular flexibility index (Phi) is 9.41. The minimum absolute atomic E-state index is 0.0733. The first kappa shape index (κ1) is 29.2. The fourth-order valence-corrected chi connectivity index (χ4v) is 5.80. The molecule has 5 rings (SSSR count). The fraction of sp³-hybridized carbons (Fsp3) is 0.345. The van der Waals surface area contributed by atoms with Crippen molar-refractivity contribution in [1.29, 1.82) is 0 Å². The number of likely N-dealkylation sites (tertiary alicyclic amines) is 1. The van der Waals surface area contributed by atoms with Crippen molar-refractivity contribution in [3.05, 3.63) is 59.4 Å². The van der Waals surface area contributed by atoms with Crippen molar-refractivity contribution in [3.8, 4) is 11.5 Å². The molecule has 1 aliphatic rings. The van der Waals surface area contributed by atoms with Crippen molar-refractivity contribution in [1.82, 2.24) is 19.9 Å². The molecule has 2 aromatic carbocycles. The summed E-state index contributed by atoms with van der Waals surface area (Å²) in [5, 5.41) is 16.8. The molecule has 1 atom stereocenters. The Hall–Kier alpha value is -4.33. The third-order valence-corrected chi connectivity index (χ3v) is 7.97. The SMILES string of the molecule is COc1cc2c(Nc3ncc(CC(=O)Nc4ccccc4C(N)=O)s3)ncnc2cc1OCCCN1CCC[C@H]1CO. The van der Waals surface area contributed by atoms with E-state index in [1.54, 1.807) is 37.6 Å². The van der Waals surface area contributed by atoms with Gasteiger partial charge in [0.25, 0.3) is 5.91 Å². The molecule has 3 heterocycles. The number of aromatic nitrogens is 3. The number of carbonyl (C=O) groups is 2. The summed E-state index contributed by atoms with van der Waals surface area (Å²) in [4.78, 5) is 40.5. The highest BCUT2D eigenvalue weighted by molar-refractivity contribution is 7.15. The summed E-state index contributed by atoms with van der Waals surface area (Å²) in [6.45, 7) is 2.59. The van der Waals surface area contributed by atoms with Crippen molar-refractivity contribution in [2.45, 2.75) is 31.7 Å². The number of ether oxygens (including phenoxy) is 2. The molecule has 2 amide bonds. The molecule has 0 aliphatic carbocycles. The number of carbonyl (C=O) groups excluding carboxylic acids is 2. The average molecular weight is 592 g/mol. The summed E-state index contributed by atoms with van der Waals surface area (Å²) in [6.07, 6.45) is 6.14. The van der Waals surface area contributed by atoms with E-state index in [2.05, 4.69) is 30.5 Å². The van der Waals surface area contributed by atoms with Crippen LogP contribution in [0.3, 0.4) is 0 Å². The van der Waals surface area contributed by atoms with E-state index in [1.807, 2.05) is 12.1 Å². The summed E-state index contributed by atoms with van der Waals surface area (Å²) < 4.78 is 11.7. The average Bonchev–Trinajstić information content (AvgIpc) is 3.64. The predicted molar refractivity (Wildman–Crippen MR) is 161 cm³/mol. The molecule has 13 heteroatoms. The van der Waals surface area contributed by atoms with Gasteiger partial charge >= 0.3 is 0 Å². The molecule has 2 aromatic heterocycles. The van der Waals surface area contributed by atoms with Gasteiger partial charge < -0.3 is 30.9 Å². The Bertz CT molecular complexity index is 1560. The molecule has 1 aliphatic heterocycles. The number of rotatable bonds is 13. The molecule has 5 N–H and O–H groups in total. The van der Waals surface area contributed by atoms with Gasteiger partial charge in [0.1, 0.15) is 12.1 Å². The van der Waals surface area contributed by atoms with Gasteiger partial charge in [0.05, 0.1) is 43.5 Å². The van der Waals surface area contributed by atoms with Gasteiger partial charge in [0.15, 0.2) is 16.6 Å². The lowest BCUT2D eigenvalue weighted by molar-refractivity contribution is -0.115. The molecule has 1 saturated heterocycles. The number of methoxy groups -OCH3 is 1. The van der Waals surface area contributed by atoms with Gasteiger partial charge in [-0.2, -0.15) is 0 Å². The molecule has 0 radical (unpaired) electrons. The van der Waals surface area contributed by atoms with Crippen LogP contribution in [0.4, 0.5) is 16.6 Å². The maximum atomic E-state index is 12.6. The molecular weight excluding hydrogens is 558 g/mol. The first-order valence-corrected chi connectivity index (χ1v) is 14.5. The third kappa shape index (κ3) is 6.93. The molecule has 0 unspecified atom stereocenters. The highest BCUT2D eigenvalue weighted by Crippen LogP contribution is 2.35. The van der Waals surface area contributed by atoms with Crippen molar-refractivity contribution in [2.75, 3.05) is 44.0 Å². The van der Waals surface area contributed by atoms with Crippen molar-refractivity contribution in [2.24, 2.45) is 5.73 Å². The number of benzene rings is 2. The number of hydrogen-bond acceptors (Lipinski definition) is 11. The second-order valence-electron chi connectivity index (χ2n) is 9.85. The van der Waals surface area contributed by atoms with E-state index in [0.717, 1.165) is 42.6 Å². The fourth-order valence-electron chi connectivity index (χ4n) is 4.99. The van der Waals surface area contributed by atoms with Crippen molar-refractivity contribution in [3.63, 3.8) is 0 Å². The quantitative estimate of drug-likeness (QED) is 0.169. The van der Waals surface area contributed by atoms with Gasteiger partial charge in [0.2, 0.25) is 5.91 Å². The number of nitrogens with zero attached hydrogens (tertiary/aromatic N) is 4. The molecule has 0 spiro atoms. The molecule has 0 saturated carbocycles. The number of aliphatic hydroxyl groups is 1. The summed E-state index contributed by atoms with van der Waals surface area (Å²) in [5.41, 5.74) is 6.69. The first-order chi connectivity index (χ1) is 20.4. The zero-order valence-corrected chi connectivity index (χ0v) is 24.0. The smallest absolute Gasteiger partial charge is 0.250 e. The molecule has 0 bridgehead atoms. The number of nitrogens with two attached hydrogens (primary N) is 1. The standard InChI is InChI=1S/C29H33N7O5S/c1-40-24-13-21-23(14-25(24)41-11-5-10-36-9-4-6-18(36)16-37)32-17-33-28(21)35-29-31-15-19(42-29)12-26(38)34-22-8-3-2-7-20(22)27(30)39/h2-3,7-8,13-15,17-18,37H,4-6,9-12,16H2,1H3,(H2,30,39)(H,34,38)(H,31,32,33,35)/t18-/m0/s1. The van der Waals surface area contributed by atoms with Crippen LogP contribution in [0.2, 0.25) is 0 Å². The predicted octanol–water partition coefficient (Wildman–Crippen LogP) is 3.34. The largest absolute Gasteiger partial charge is 0.493 e. The van der Waals surface area contributed by atoms with Gasteiger partial charge in [0, 0.05) is 35.1 Å². The van der Waals surface area contributed by atoms with Crippen molar-refractivity contribution >= 4 is 50.7 Å². The topological polar surface area (TPSA) is 165 Å². The zero-order chi connectivity index (χ0) is 29.5. The summed E-state index contributed by atoms with van der Waals surface area (Å²) in [6, 6.07) is 10.5. The molecule has 1 fully saturated rings.